The van der Waals surface area contributed by atoms with Gasteiger partial charge in [0.2, 0.25) is 0 Å². The van der Waals surface area contributed by atoms with Crippen LogP contribution in [0.1, 0.15) is 24.1 Å². The van der Waals surface area contributed by atoms with Crippen molar-refractivity contribution in [3.05, 3.63) is 51.8 Å². The van der Waals surface area contributed by atoms with Gasteiger partial charge in [0.25, 0.3) is 5.91 Å². The summed E-state index contributed by atoms with van der Waals surface area (Å²) in [4.78, 5) is 16.4. The Morgan fingerprint density at radius 3 is 2.83 bits per heavy atom. The lowest BCUT2D eigenvalue weighted by atomic mass is 9.95. The van der Waals surface area contributed by atoms with Crippen molar-refractivity contribution >= 4 is 34.8 Å². The number of rotatable bonds is 4. The first-order valence-electron chi connectivity index (χ1n) is 7.48. The van der Waals surface area contributed by atoms with Crippen LogP contribution in [0.25, 0.3) is 0 Å². The summed E-state index contributed by atoms with van der Waals surface area (Å²) >= 11 is 11.8. The third-order valence-electron chi connectivity index (χ3n) is 3.75. The first-order chi connectivity index (χ1) is 11.1. The molecule has 0 saturated heterocycles. The number of halogens is 2. The van der Waals surface area contributed by atoms with Crippen molar-refractivity contribution in [2.45, 2.75) is 25.7 Å². The summed E-state index contributed by atoms with van der Waals surface area (Å²) in [5, 5.41) is 3.58. The van der Waals surface area contributed by atoms with Crippen LogP contribution in [0.5, 0.6) is 5.75 Å². The molecule has 23 heavy (non-hydrogen) atoms. The number of hydrogen-bond acceptors (Lipinski definition) is 3. The molecular weight excluding hydrogens is 335 g/mol. The molecule has 1 aromatic carbocycles. The zero-order chi connectivity index (χ0) is 16.2. The summed E-state index contributed by atoms with van der Waals surface area (Å²) in [6, 6.07) is 6.76. The summed E-state index contributed by atoms with van der Waals surface area (Å²) < 4.78 is 5.68. The Kier molecular flexibility index (Phi) is 5.03. The van der Waals surface area contributed by atoms with Crippen LogP contribution >= 0.6 is 23.2 Å². The van der Waals surface area contributed by atoms with Crippen LogP contribution in [-0.4, -0.2) is 17.5 Å². The lowest BCUT2D eigenvalue weighted by molar-refractivity contribution is -0.118. The molecule has 0 saturated carbocycles. The van der Waals surface area contributed by atoms with Gasteiger partial charge in [-0.15, -0.1) is 0 Å². The van der Waals surface area contributed by atoms with E-state index < -0.39 is 0 Å². The lowest BCUT2D eigenvalue weighted by Gasteiger charge is -2.18. The predicted octanol–water partition coefficient (Wildman–Crippen LogP) is 4.28. The fourth-order valence-electron chi connectivity index (χ4n) is 2.64. The van der Waals surface area contributed by atoms with Crippen LogP contribution in [0.2, 0.25) is 10.0 Å². The molecule has 1 heterocycles. The molecule has 0 unspecified atom stereocenters. The molecule has 0 atom stereocenters. The molecule has 0 fully saturated rings. The molecule has 1 N–H and O–H groups in total. The maximum absolute atomic E-state index is 12.0. The summed E-state index contributed by atoms with van der Waals surface area (Å²) in [5.74, 6) is 0.503. The highest BCUT2D eigenvalue weighted by atomic mass is 35.5. The number of nitrogens with zero attached hydrogens (tertiary/aromatic N) is 1. The number of nitrogens with one attached hydrogen (secondary N) is 1. The highest BCUT2D eigenvalue weighted by Gasteiger charge is 2.16. The van der Waals surface area contributed by atoms with E-state index in [1.165, 1.54) is 0 Å². The number of carbonyl (C=O) groups excluding carboxylic acids is 1. The SMILES string of the molecule is O=C(COc1ccnc2c1CCCC2)Nc1ccc(Cl)c(Cl)c1. The summed E-state index contributed by atoms with van der Waals surface area (Å²) in [6.07, 6.45) is 5.94. The fraction of sp³-hybridized carbons (Fsp3) is 0.294. The average Bonchev–Trinajstić information content (AvgIpc) is 2.56. The molecule has 4 nitrogen and oxygen atoms in total. The number of pyridine rings is 1. The van der Waals surface area contributed by atoms with E-state index in [1.54, 1.807) is 24.4 Å². The third-order valence-corrected chi connectivity index (χ3v) is 4.49. The Morgan fingerprint density at radius 1 is 1.17 bits per heavy atom. The maximum atomic E-state index is 12.0. The summed E-state index contributed by atoms with van der Waals surface area (Å²) in [6.45, 7) is -0.0588. The van der Waals surface area contributed by atoms with Gasteiger partial charge in [-0.2, -0.15) is 0 Å². The van der Waals surface area contributed by atoms with E-state index in [-0.39, 0.29) is 12.5 Å². The highest BCUT2D eigenvalue weighted by molar-refractivity contribution is 6.42. The highest BCUT2D eigenvalue weighted by Crippen LogP contribution is 2.28. The van der Waals surface area contributed by atoms with Gasteiger partial charge in [-0.05, 0) is 49.9 Å². The second-order valence-corrected chi connectivity index (χ2v) is 6.22. The number of aromatic nitrogens is 1. The lowest BCUT2D eigenvalue weighted by Crippen LogP contribution is -2.21. The van der Waals surface area contributed by atoms with E-state index >= 15 is 0 Å². The molecular formula is C17H16Cl2N2O2. The second kappa shape index (κ2) is 7.20. The minimum Gasteiger partial charge on any atom is -0.483 e. The molecule has 6 heteroatoms. The van der Waals surface area contributed by atoms with Crippen LogP contribution in [0, 0.1) is 0 Å². The van der Waals surface area contributed by atoms with Crippen LogP contribution in [0.4, 0.5) is 5.69 Å². The minimum atomic E-state index is -0.246. The number of amides is 1. The van der Waals surface area contributed by atoms with E-state index in [1.807, 2.05) is 6.07 Å². The number of aryl methyl sites for hydroxylation is 1. The smallest absolute Gasteiger partial charge is 0.262 e. The fourth-order valence-corrected chi connectivity index (χ4v) is 2.94. The third kappa shape index (κ3) is 3.95. The number of fused-ring (bicyclic) bond motifs is 1. The van der Waals surface area contributed by atoms with Gasteiger partial charge in [0.1, 0.15) is 5.75 Å². The number of benzene rings is 1. The van der Waals surface area contributed by atoms with Gasteiger partial charge in [0.05, 0.1) is 10.0 Å². The van der Waals surface area contributed by atoms with Gasteiger partial charge in [-0.25, -0.2) is 0 Å². The second-order valence-electron chi connectivity index (χ2n) is 5.41. The van der Waals surface area contributed by atoms with Gasteiger partial charge in [0, 0.05) is 23.1 Å². The molecule has 120 valence electrons. The van der Waals surface area contributed by atoms with Crippen LogP contribution in [0.3, 0.4) is 0 Å². The largest absolute Gasteiger partial charge is 0.483 e. The topological polar surface area (TPSA) is 51.2 Å². The molecule has 3 rings (SSSR count). The zero-order valence-corrected chi connectivity index (χ0v) is 14.0. The number of carbonyl (C=O) groups is 1. The van der Waals surface area contributed by atoms with Gasteiger partial charge in [0.15, 0.2) is 6.61 Å². The number of ether oxygens (including phenoxy) is 1. The number of anilines is 1. The molecule has 1 aliphatic carbocycles. The maximum Gasteiger partial charge on any atom is 0.262 e. The van der Waals surface area contributed by atoms with Crippen molar-refractivity contribution < 1.29 is 9.53 Å². The Morgan fingerprint density at radius 2 is 2.00 bits per heavy atom. The standard InChI is InChI=1S/C17H16Cl2N2O2/c18-13-6-5-11(9-14(13)19)21-17(22)10-23-16-7-8-20-15-4-2-1-3-12(15)16/h5-9H,1-4,10H2,(H,21,22). The van der Waals surface area contributed by atoms with Crippen molar-refractivity contribution in [1.82, 2.24) is 4.98 Å². The first kappa shape index (κ1) is 16.1. The molecule has 1 aromatic heterocycles. The van der Waals surface area contributed by atoms with Gasteiger partial charge in [-0.3, -0.25) is 9.78 Å². The normalized spacial score (nSPS) is 13.3. The van der Waals surface area contributed by atoms with E-state index in [0.29, 0.717) is 15.7 Å². The quantitative estimate of drug-likeness (QED) is 0.894. The predicted molar refractivity (Wildman–Crippen MR) is 91.5 cm³/mol. The van der Waals surface area contributed by atoms with Crippen molar-refractivity contribution in [2.75, 3.05) is 11.9 Å². The van der Waals surface area contributed by atoms with Crippen LogP contribution < -0.4 is 10.1 Å². The summed E-state index contributed by atoms with van der Waals surface area (Å²) in [5.41, 5.74) is 2.80. The Bertz CT molecular complexity index is 735. The van der Waals surface area contributed by atoms with E-state index in [9.17, 15) is 4.79 Å². The number of hydrogen-bond donors (Lipinski definition) is 1. The van der Waals surface area contributed by atoms with Crippen molar-refractivity contribution in [3.63, 3.8) is 0 Å². The molecule has 1 aliphatic rings. The average molecular weight is 351 g/mol. The first-order valence-corrected chi connectivity index (χ1v) is 8.23. The Hall–Kier alpha value is -1.78. The van der Waals surface area contributed by atoms with E-state index in [0.717, 1.165) is 42.7 Å². The van der Waals surface area contributed by atoms with E-state index in [4.69, 9.17) is 27.9 Å². The Labute approximate surface area is 144 Å². The van der Waals surface area contributed by atoms with Crippen LogP contribution in [-0.2, 0) is 17.6 Å². The zero-order valence-electron chi connectivity index (χ0n) is 12.4. The molecule has 0 radical (unpaired) electrons. The van der Waals surface area contributed by atoms with Crippen molar-refractivity contribution in [2.24, 2.45) is 0 Å². The van der Waals surface area contributed by atoms with Gasteiger partial charge >= 0.3 is 0 Å². The molecule has 0 bridgehead atoms. The molecule has 0 spiro atoms. The summed E-state index contributed by atoms with van der Waals surface area (Å²) in [7, 11) is 0. The molecule has 1 amide bonds. The van der Waals surface area contributed by atoms with Crippen molar-refractivity contribution in [3.8, 4) is 5.75 Å². The molecule has 0 aliphatic heterocycles. The Balaban J connectivity index is 1.62. The van der Waals surface area contributed by atoms with E-state index in [2.05, 4.69) is 10.3 Å². The van der Waals surface area contributed by atoms with Crippen molar-refractivity contribution in [1.29, 1.82) is 0 Å². The van der Waals surface area contributed by atoms with Crippen LogP contribution in [0.15, 0.2) is 30.5 Å². The monoisotopic (exact) mass is 350 g/mol. The van der Waals surface area contributed by atoms with Gasteiger partial charge in [-0.1, -0.05) is 23.2 Å². The minimum absolute atomic E-state index is 0.0588. The molecule has 2 aromatic rings. The van der Waals surface area contributed by atoms with Gasteiger partial charge < -0.3 is 10.1 Å².